The average Bonchev–Trinajstić information content (AvgIpc) is 3.00. The molecule has 1 N–H and O–H groups in total. The first-order valence-corrected chi connectivity index (χ1v) is 8.29. The normalized spacial score (nSPS) is 12.3. The summed E-state index contributed by atoms with van der Waals surface area (Å²) in [5.41, 5.74) is 0. The van der Waals surface area contributed by atoms with Crippen LogP contribution in [0.5, 0.6) is 0 Å². The van der Waals surface area contributed by atoms with Gasteiger partial charge in [0, 0.05) is 16.2 Å². The third kappa shape index (κ3) is 4.64. The van der Waals surface area contributed by atoms with Crippen molar-refractivity contribution in [1.82, 2.24) is 5.32 Å². The van der Waals surface area contributed by atoms with Crippen LogP contribution >= 0.6 is 34.3 Å². The quantitative estimate of drug-likeness (QED) is 0.825. The van der Waals surface area contributed by atoms with Crippen molar-refractivity contribution >= 4 is 40.2 Å². The van der Waals surface area contributed by atoms with Gasteiger partial charge in [0.25, 0.3) is 0 Å². The molecule has 0 aliphatic rings. The molecule has 2 heterocycles. The van der Waals surface area contributed by atoms with E-state index in [0.717, 1.165) is 22.1 Å². The fourth-order valence-electron chi connectivity index (χ4n) is 1.82. The molecule has 102 valence electrons. The van der Waals surface area contributed by atoms with Gasteiger partial charge in [-0.2, -0.15) is 0 Å². The Balaban J connectivity index is 1.72. The number of nitrogens with one attached hydrogen (secondary N) is 1. The third-order valence-electron chi connectivity index (χ3n) is 2.81. The number of carbonyl (C=O) groups excluding carboxylic acids is 1. The Hall–Kier alpha value is -0.840. The molecule has 0 aliphatic carbocycles. The fraction of sp³-hybridized carbons (Fsp3) is 0.357. The maximum Gasteiger partial charge on any atom is 0.220 e. The molecule has 0 spiro atoms. The van der Waals surface area contributed by atoms with Crippen molar-refractivity contribution in [3.8, 4) is 0 Å². The van der Waals surface area contributed by atoms with Crippen LogP contribution in [-0.4, -0.2) is 5.91 Å². The second-order valence-electron chi connectivity index (χ2n) is 4.36. The number of hydrogen-bond donors (Lipinski definition) is 1. The Morgan fingerprint density at radius 1 is 1.42 bits per heavy atom. The number of carbonyl (C=O) groups is 1. The van der Waals surface area contributed by atoms with E-state index in [9.17, 15) is 4.79 Å². The minimum absolute atomic E-state index is 0.0340. The summed E-state index contributed by atoms with van der Waals surface area (Å²) in [5, 5.41) is 5.07. The lowest BCUT2D eigenvalue weighted by Gasteiger charge is -2.11. The van der Waals surface area contributed by atoms with E-state index in [1.54, 1.807) is 11.3 Å². The zero-order valence-corrected chi connectivity index (χ0v) is 13.1. The topological polar surface area (TPSA) is 29.1 Å². The van der Waals surface area contributed by atoms with Crippen molar-refractivity contribution in [2.45, 2.75) is 32.2 Å². The van der Waals surface area contributed by atoms with Crippen molar-refractivity contribution in [2.24, 2.45) is 0 Å². The standard InChI is InChI=1S/C14H16ClNOS2/c1-10(12-7-8-13(15)19-12)16-14(17)6-2-4-11-5-3-9-18-11/h3,5,7-10H,2,4,6H2,1H3,(H,16,17)/t10-/m1/s1. The van der Waals surface area contributed by atoms with Crippen molar-refractivity contribution < 1.29 is 4.79 Å². The van der Waals surface area contributed by atoms with Gasteiger partial charge in [0.05, 0.1) is 10.4 Å². The highest BCUT2D eigenvalue weighted by molar-refractivity contribution is 7.16. The van der Waals surface area contributed by atoms with E-state index in [0.29, 0.717) is 6.42 Å². The molecule has 0 saturated carbocycles. The van der Waals surface area contributed by atoms with Crippen molar-refractivity contribution in [3.63, 3.8) is 0 Å². The summed E-state index contributed by atoms with van der Waals surface area (Å²) in [7, 11) is 0. The molecule has 0 aromatic carbocycles. The van der Waals surface area contributed by atoms with Crippen LogP contribution in [0.1, 0.15) is 35.6 Å². The summed E-state index contributed by atoms with van der Waals surface area (Å²) in [6.45, 7) is 1.99. The summed E-state index contributed by atoms with van der Waals surface area (Å²) in [6.07, 6.45) is 2.44. The Bertz CT molecular complexity index is 521. The molecule has 19 heavy (non-hydrogen) atoms. The van der Waals surface area contributed by atoms with Crippen LogP contribution in [0.3, 0.4) is 0 Å². The number of halogens is 1. The van der Waals surface area contributed by atoms with Gasteiger partial charge in [-0.1, -0.05) is 17.7 Å². The van der Waals surface area contributed by atoms with Crippen molar-refractivity contribution in [3.05, 3.63) is 43.7 Å². The average molecular weight is 314 g/mol. The summed E-state index contributed by atoms with van der Waals surface area (Å²) >= 11 is 9.14. The highest BCUT2D eigenvalue weighted by atomic mass is 35.5. The van der Waals surface area contributed by atoms with Crippen LogP contribution in [0.2, 0.25) is 4.34 Å². The molecule has 2 aromatic rings. The monoisotopic (exact) mass is 313 g/mol. The van der Waals surface area contributed by atoms with Gasteiger partial charge in [0.15, 0.2) is 0 Å². The van der Waals surface area contributed by atoms with Gasteiger partial charge in [-0.15, -0.1) is 22.7 Å². The van der Waals surface area contributed by atoms with Crippen LogP contribution in [0, 0.1) is 0 Å². The smallest absolute Gasteiger partial charge is 0.220 e. The first-order valence-electron chi connectivity index (χ1n) is 6.22. The van der Waals surface area contributed by atoms with E-state index in [4.69, 9.17) is 11.6 Å². The molecule has 0 fully saturated rings. The van der Waals surface area contributed by atoms with Gasteiger partial charge in [0.2, 0.25) is 5.91 Å². The van der Waals surface area contributed by atoms with Gasteiger partial charge in [0.1, 0.15) is 0 Å². The number of thiophene rings is 2. The Morgan fingerprint density at radius 3 is 2.89 bits per heavy atom. The van der Waals surface area contributed by atoms with Crippen molar-refractivity contribution in [1.29, 1.82) is 0 Å². The first-order chi connectivity index (χ1) is 9.15. The van der Waals surface area contributed by atoms with Crippen LogP contribution in [0.4, 0.5) is 0 Å². The summed E-state index contributed by atoms with van der Waals surface area (Å²) in [6, 6.07) is 8.01. The Kier molecular flexibility index (Phi) is 5.43. The van der Waals surface area contributed by atoms with Crippen LogP contribution in [0.15, 0.2) is 29.6 Å². The predicted molar refractivity (Wildman–Crippen MR) is 83.1 cm³/mol. The lowest BCUT2D eigenvalue weighted by molar-refractivity contribution is -0.121. The molecular weight excluding hydrogens is 298 g/mol. The second kappa shape index (κ2) is 7.08. The molecule has 2 aromatic heterocycles. The molecule has 0 aliphatic heterocycles. The van der Waals surface area contributed by atoms with Gasteiger partial charge >= 0.3 is 0 Å². The van der Waals surface area contributed by atoms with Crippen LogP contribution in [-0.2, 0) is 11.2 Å². The van der Waals surface area contributed by atoms with E-state index >= 15 is 0 Å². The molecule has 2 nitrogen and oxygen atoms in total. The molecule has 0 unspecified atom stereocenters. The minimum Gasteiger partial charge on any atom is -0.349 e. The summed E-state index contributed by atoms with van der Waals surface area (Å²) in [5.74, 6) is 0.105. The largest absolute Gasteiger partial charge is 0.349 e. The molecule has 0 radical (unpaired) electrons. The maximum absolute atomic E-state index is 11.8. The van der Waals surface area contributed by atoms with E-state index in [1.807, 2.05) is 25.1 Å². The first kappa shape index (κ1) is 14.6. The molecule has 0 bridgehead atoms. The Morgan fingerprint density at radius 2 is 2.26 bits per heavy atom. The molecule has 1 atom stereocenters. The summed E-state index contributed by atoms with van der Waals surface area (Å²) in [4.78, 5) is 14.3. The molecule has 5 heteroatoms. The summed E-state index contributed by atoms with van der Waals surface area (Å²) < 4.78 is 0.758. The molecule has 2 rings (SSSR count). The fourth-order valence-corrected chi connectivity index (χ4v) is 3.64. The van der Waals surface area contributed by atoms with E-state index in [-0.39, 0.29) is 11.9 Å². The van der Waals surface area contributed by atoms with Crippen LogP contribution < -0.4 is 5.32 Å². The van der Waals surface area contributed by atoms with Crippen molar-refractivity contribution in [2.75, 3.05) is 0 Å². The number of hydrogen-bond acceptors (Lipinski definition) is 3. The van der Waals surface area contributed by atoms with E-state index in [1.165, 1.54) is 16.2 Å². The van der Waals surface area contributed by atoms with Gasteiger partial charge in [-0.05, 0) is 43.3 Å². The lowest BCUT2D eigenvalue weighted by atomic mass is 10.2. The SMILES string of the molecule is C[C@@H](NC(=O)CCCc1cccs1)c1ccc(Cl)s1. The number of aryl methyl sites for hydroxylation is 1. The highest BCUT2D eigenvalue weighted by Crippen LogP contribution is 2.26. The van der Waals surface area contributed by atoms with Gasteiger partial charge in [-0.25, -0.2) is 0 Å². The van der Waals surface area contributed by atoms with Gasteiger partial charge < -0.3 is 5.32 Å². The second-order valence-corrected chi connectivity index (χ2v) is 7.14. The molecule has 1 amide bonds. The maximum atomic E-state index is 11.8. The van der Waals surface area contributed by atoms with E-state index in [2.05, 4.69) is 16.8 Å². The highest BCUT2D eigenvalue weighted by Gasteiger charge is 2.11. The minimum atomic E-state index is 0.0340. The van der Waals surface area contributed by atoms with E-state index < -0.39 is 0 Å². The van der Waals surface area contributed by atoms with Crippen LogP contribution in [0.25, 0.3) is 0 Å². The van der Waals surface area contributed by atoms with Gasteiger partial charge in [-0.3, -0.25) is 4.79 Å². The zero-order chi connectivity index (χ0) is 13.7. The lowest BCUT2D eigenvalue weighted by Crippen LogP contribution is -2.25. The third-order valence-corrected chi connectivity index (χ3v) is 5.16. The molecule has 0 saturated heterocycles. The number of rotatable bonds is 6. The molecular formula is C14H16ClNOS2. The predicted octanol–water partition coefficient (Wildman–Crippen LogP) is 4.66. The number of amides is 1. The Labute approximate surface area is 126 Å². The zero-order valence-electron chi connectivity index (χ0n) is 10.7.